The van der Waals surface area contributed by atoms with Crippen LogP contribution in [0.15, 0.2) is 42.5 Å². The van der Waals surface area contributed by atoms with Crippen molar-refractivity contribution in [1.82, 2.24) is 5.32 Å². The van der Waals surface area contributed by atoms with Crippen molar-refractivity contribution in [1.29, 1.82) is 0 Å². The highest BCUT2D eigenvalue weighted by Gasteiger charge is 2.16. The molecular formula is C15H16N2OS. The molecule has 2 aromatic rings. The minimum absolute atomic E-state index is 0.118. The standard InChI is InChI=1S/C15H16N2OS/c18-15(12-4-2-1-3-5-12)13-6-7-14(19-13)17-10-8-16-9-11-17/h1-7,16H,8-11H2. The van der Waals surface area contributed by atoms with Gasteiger partial charge in [0.25, 0.3) is 0 Å². The maximum atomic E-state index is 12.3. The van der Waals surface area contributed by atoms with Crippen LogP contribution in [-0.2, 0) is 0 Å². The third kappa shape index (κ3) is 2.69. The van der Waals surface area contributed by atoms with Gasteiger partial charge in [-0.3, -0.25) is 4.79 Å². The van der Waals surface area contributed by atoms with Gasteiger partial charge in [-0.25, -0.2) is 0 Å². The lowest BCUT2D eigenvalue weighted by atomic mass is 10.1. The zero-order chi connectivity index (χ0) is 13.1. The van der Waals surface area contributed by atoms with Gasteiger partial charge in [-0.2, -0.15) is 0 Å². The first kappa shape index (κ1) is 12.4. The second kappa shape index (κ2) is 5.55. The summed E-state index contributed by atoms with van der Waals surface area (Å²) in [6.45, 7) is 4.05. The molecule has 1 aromatic heterocycles. The summed E-state index contributed by atoms with van der Waals surface area (Å²) in [5, 5.41) is 4.53. The highest BCUT2D eigenvalue weighted by molar-refractivity contribution is 7.18. The lowest BCUT2D eigenvalue weighted by Gasteiger charge is -2.27. The van der Waals surface area contributed by atoms with Crippen molar-refractivity contribution >= 4 is 22.1 Å². The van der Waals surface area contributed by atoms with Crippen molar-refractivity contribution in [2.75, 3.05) is 31.1 Å². The number of rotatable bonds is 3. The Bertz CT molecular complexity index is 559. The number of nitrogens with zero attached hydrogens (tertiary/aromatic N) is 1. The molecule has 0 bridgehead atoms. The van der Waals surface area contributed by atoms with Crippen LogP contribution in [0.1, 0.15) is 15.2 Å². The van der Waals surface area contributed by atoms with E-state index in [2.05, 4.69) is 16.3 Å². The van der Waals surface area contributed by atoms with E-state index < -0.39 is 0 Å². The van der Waals surface area contributed by atoms with Crippen LogP contribution in [0, 0.1) is 0 Å². The summed E-state index contributed by atoms with van der Waals surface area (Å²) in [6, 6.07) is 13.5. The van der Waals surface area contributed by atoms with Gasteiger partial charge in [-0.15, -0.1) is 11.3 Å². The fourth-order valence-corrected chi connectivity index (χ4v) is 3.26. The molecule has 1 aromatic carbocycles. The maximum Gasteiger partial charge on any atom is 0.203 e. The van der Waals surface area contributed by atoms with E-state index in [-0.39, 0.29) is 5.78 Å². The van der Waals surface area contributed by atoms with Crippen molar-refractivity contribution in [2.24, 2.45) is 0 Å². The molecule has 0 saturated carbocycles. The lowest BCUT2D eigenvalue weighted by molar-refractivity contribution is 0.104. The van der Waals surface area contributed by atoms with E-state index in [1.165, 1.54) is 5.00 Å². The minimum Gasteiger partial charge on any atom is -0.361 e. The van der Waals surface area contributed by atoms with Gasteiger partial charge >= 0.3 is 0 Å². The number of piperazine rings is 1. The topological polar surface area (TPSA) is 32.3 Å². The van der Waals surface area contributed by atoms with Crippen molar-refractivity contribution in [3.05, 3.63) is 52.9 Å². The van der Waals surface area contributed by atoms with Gasteiger partial charge in [0.05, 0.1) is 9.88 Å². The molecule has 0 radical (unpaired) electrons. The fraction of sp³-hybridized carbons (Fsp3) is 0.267. The Morgan fingerprint density at radius 3 is 2.53 bits per heavy atom. The third-order valence-electron chi connectivity index (χ3n) is 3.28. The fourth-order valence-electron chi connectivity index (χ4n) is 2.24. The van der Waals surface area contributed by atoms with Gasteiger partial charge in [-0.1, -0.05) is 30.3 Å². The first-order chi connectivity index (χ1) is 9.34. The van der Waals surface area contributed by atoms with Crippen LogP contribution < -0.4 is 10.2 Å². The molecule has 0 aliphatic carbocycles. The Labute approximate surface area is 116 Å². The second-order valence-corrected chi connectivity index (χ2v) is 5.63. The molecule has 0 atom stereocenters. The molecule has 19 heavy (non-hydrogen) atoms. The van der Waals surface area contributed by atoms with Crippen LogP contribution in [0.25, 0.3) is 0 Å². The highest BCUT2D eigenvalue weighted by Crippen LogP contribution is 2.28. The van der Waals surface area contributed by atoms with Crippen LogP contribution in [0.4, 0.5) is 5.00 Å². The molecule has 3 rings (SSSR count). The van der Waals surface area contributed by atoms with E-state index in [1.807, 2.05) is 36.4 Å². The Morgan fingerprint density at radius 2 is 1.79 bits per heavy atom. The Hall–Kier alpha value is -1.65. The second-order valence-electron chi connectivity index (χ2n) is 4.57. The smallest absolute Gasteiger partial charge is 0.203 e. The van der Waals surface area contributed by atoms with Crippen molar-refractivity contribution in [3.63, 3.8) is 0 Å². The summed E-state index contributed by atoms with van der Waals surface area (Å²) in [5.41, 5.74) is 0.760. The minimum atomic E-state index is 0.118. The molecule has 1 N–H and O–H groups in total. The number of nitrogens with one attached hydrogen (secondary N) is 1. The van der Waals surface area contributed by atoms with Gasteiger partial charge in [0, 0.05) is 31.7 Å². The van der Waals surface area contributed by atoms with Crippen LogP contribution in [0.3, 0.4) is 0 Å². The SMILES string of the molecule is O=C(c1ccccc1)c1ccc(N2CCNCC2)s1. The van der Waals surface area contributed by atoms with Gasteiger partial charge < -0.3 is 10.2 Å². The molecule has 0 spiro atoms. The summed E-state index contributed by atoms with van der Waals surface area (Å²) in [4.78, 5) is 15.5. The molecule has 0 amide bonds. The summed E-state index contributed by atoms with van der Waals surface area (Å²) in [7, 11) is 0. The number of ketones is 1. The predicted molar refractivity (Wildman–Crippen MR) is 79.3 cm³/mol. The van der Waals surface area contributed by atoms with E-state index in [4.69, 9.17) is 0 Å². The average molecular weight is 272 g/mol. The molecule has 1 saturated heterocycles. The average Bonchev–Trinajstić information content (AvgIpc) is 2.98. The molecular weight excluding hydrogens is 256 g/mol. The van der Waals surface area contributed by atoms with E-state index in [0.717, 1.165) is 36.6 Å². The van der Waals surface area contributed by atoms with E-state index in [1.54, 1.807) is 11.3 Å². The van der Waals surface area contributed by atoms with Gasteiger partial charge in [0.2, 0.25) is 5.78 Å². The molecule has 2 heterocycles. The van der Waals surface area contributed by atoms with E-state index in [0.29, 0.717) is 0 Å². The van der Waals surface area contributed by atoms with Gasteiger partial charge in [-0.05, 0) is 12.1 Å². The first-order valence-corrected chi connectivity index (χ1v) is 7.31. The summed E-state index contributed by atoms with van der Waals surface area (Å²) < 4.78 is 0. The monoisotopic (exact) mass is 272 g/mol. The quantitative estimate of drug-likeness (QED) is 0.871. The van der Waals surface area contributed by atoms with E-state index in [9.17, 15) is 4.79 Å². The van der Waals surface area contributed by atoms with Crippen LogP contribution in [-0.4, -0.2) is 32.0 Å². The van der Waals surface area contributed by atoms with Gasteiger partial charge in [0.15, 0.2) is 0 Å². The number of carbonyl (C=O) groups is 1. The predicted octanol–water partition coefficient (Wildman–Crippen LogP) is 2.39. The molecule has 1 fully saturated rings. The molecule has 98 valence electrons. The lowest BCUT2D eigenvalue weighted by Crippen LogP contribution is -2.43. The number of hydrogen-bond donors (Lipinski definition) is 1. The third-order valence-corrected chi connectivity index (χ3v) is 4.43. The molecule has 1 aliphatic heterocycles. The summed E-state index contributed by atoms with van der Waals surface area (Å²) in [6.07, 6.45) is 0. The number of hydrogen-bond acceptors (Lipinski definition) is 4. The largest absolute Gasteiger partial charge is 0.361 e. The molecule has 0 unspecified atom stereocenters. The Kier molecular flexibility index (Phi) is 3.62. The van der Waals surface area contributed by atoms with Crippen LogP contribution in [0.2, 0.25) is 0 Å². The molecule has 4 heteroatoms. The summed E-state index contributed by atoms with van der Waals surface area (Å²) in [5.74, 6) is 0.118. The Balaban J connectivity index is 1.79. The number of anilines is 1. The summed E-state index contributed by atoms with van der Waals surface area (Å²) >= 11 is 1.59. The number of thiophene rings is 1. The number of benzene rings is 1. The highest BCUT2D eigenvalue weighted by atomic mass is 32.1. The molecule has 1 aliphatic rings. The number of carbonyl (C=O) groups excluding carboxylic acids is 1. The first-order valence-electron chi connectivity index (χ1n) is 6.50. The van der Waals surface area contributed by atoms with Crippen molar-refractivity contribution < 1.29 is 4.79 Å². The van der Waals surface area contributed by atoms with Gasteiger partial charge in [0.1, 0.15) is 0 Å². The van der Waals surface area contributed by atoms with Crippen molar-refractivity contribution in [2.45, 2.75) is 0 Å². The van der Waals surface area contributed by atoms with Crippen LogP contribution >= 0.6 is 11.3 Å². The maximum absolute atomic E-state index is 12.3. The zero-order valence-corrected chi connectivity index (χ0v) is 11.5. The van der Waals surface area contributed by atoms with Crippen LogP contribution in [0.5, 0.6) is 0 Å². The van der Waals surface area contributed by atoms with Crippen molar-refractivity contribution in [3.8, 4) is 0 Å². The normalized spacial score (nSPS) is 15.5. The van der Waals surface area contributed by atoms with E-state index >= 15 is 0 Å². The Morgan fingerprint density at radius 1 is 1.05 bits per heavy atom. The zero-order valence-electron chi connectivity index (χ0n) is 10.6. The molecule has 3 nitrogen and oxygen atoms in total.